The van der Waals surface area contributed by atoms with E-state index in [1.165, 1.54) is 12.8 Å². The molecule has 26 heavy (non-hydrogen) atoms. The van der Waals surface area contributed by atoms with Crippen LogP contribution in [0.2, 0.25) is 0 Å². The van der Waals surface area contributed by atoms with Gasteiger partial charge in [0, 0.05) is 31.0 Å². The first-order valence-corrected chi connectivity index (χ1v) is 9.26. The summed E-state index contributed by atoms with van der Waals surface area (Å²) in [5.74, 6) is -0.158. The number of methoxy groups -OCH3 is 2. The Hall–Kier alpha value is -2.24. The maximum absolute atomic E-state index is 12.7. The number of likely N-dealkylation sites (tertiary alicyclic amines) is 1. The summed E-state index contributed by atoms with van der Waals surface area (Å²) in [6.07, 6.45) is 5.14. The third-order valence-corrected chi connectivity index (χ3v) is 5.76. The highest BCUT2D eigenvalue weighted by Crippen LogP contribution is 2.42. The molecule has 0 radical (unpaired) electrons. The summed E-state index contributed by atoms with van der Waals surface area (Å²) in [7, 11) is 3.11. The number of carboxylic acids is 1. The smallest absolute Gasteiger partial charge is 0.308 e. The second-order valence-electron chi connectivity index (χ2n) is 7.29. The van der Waals surface area contributed by atoms with E-state index in [1.54, 1.807) is 25.2 Å². The quantitative estimate of drug-likeness (QED) is 0.843. The molecular formula is C20H27NO5. The van der Waals surface area contributed by atoms with Crippen LogP contribution in [0.25, 0.3) is 0 Å². The largest absolute Gasteiger partial charge is 0.493 e. The van der Waals surface area contributed by atoms with Crippen LogP contribution in [-0.4, -0.2) is 49.2 Å². The minimum Gasteiger partial charge on any atom is -0.493 e. The zero-order valence-corrected chi connectivity index (χ0v) is 15.4. The Balaban J connectivity index is 1.82. The van der Waals surface area contributed by atoms with Gasteiger partial charge in [0.1, 0.15) is 0 Å². The molecule has 2 aliphatic rings. The summed E-state index contributed by atoms with van der Waals surface area (Å²) in [6.45, 7) is 0.665. The molecule has 1 aliphatic heterocycles. The van der Waals surface area contributed by atoms with Crippen LogP contribution in [0.4, 0.5) is 0 Å². The summed E-state index contributed by atoms with van der Waals surface area (Å²) >= 11 is 0. The molecule has 3 rings (SSSR count). The molecule has 1 saturated carbocycles. The lowest BCUT2D eigenvalue weighted by Gasteiger charge is -2.20. The summed E-state index contributed by atoms with van der Waals surface area (Å²) in [5.41, 5.74) is 0.787. The highest BCUT2D eigenvalue weighted by Gasteiger charge is 2.42. The number of hydrogen-bond donors (Lipinski definition) is 1. The number of aliphatic carboxylic acids is 1. The Labute approximate surface area is 154 Å². The van der Waals surface area contributed by atoms with Gasteiger partial charge in [0.05, 0.1) is 20.1 Å². The van der Waals surface area contributed by atoms with Crippen LogP contribution in [0.1, 0.15) is 43.6 Å². The maximum Gasteiger partial charge on any atom is 0.308 e. The van der Waals surface area contributed by atoms with Crippen LogP contribution >= 0.6 is 0 Å². The number of benzene rings is 1. The Morgan fingerprint density at radius 2 is 1.88 bits per heavy atom. The number of carbonyl (C=O) groups excluding carboxylic acids is 1. The lowest BCUT2D eigenvalue weighted by atomic mass is 9.88. The molecular weight excluding hydrogens is 334 g/mol. The molecule has 1 saturated heterocycles. The van der Waals surface area contributed by atoms with Crippen LogP contribution in [-0.2, 0) is 9.59 Å². The van der Waals surface area contributed by atoms with Gasteiger partial charge in [-0.1, -0.05) is 25.0 Å². The fourth-order valence-electron chi connectivity index (χ4n) is 4.37. The number of rotatable bonds is 6. The first-order chi connectivity index (χ1) is 12.5. The molecule has 1 aromatic carbocycles. The molecule has 6 nitrogen and oxygen atoms in total. The van der Waals surface area contributed by atoms with E-state index in [9.17, 15) is 14.7 Å². The normalized spacial score (nSPS) is 23.2. The van der Waals surface area contributed by atoms with E-state index in [0.717, 1.165) is 18.4 Å². The summed E-state index contributed by atoms with van der Waals surface area (Å²) < 4.78 is 10.8. The van der Waals surface area contributed by atoms with Crippen LogP contribution in [0.15, 0.2) is 18.2 Å². The fraction of sp³-hybridized carbons (Fsp3) is 0.600. The van der Waals surface area contributed by atoms with Gasteiger partial charge >= 0.3 is 5.97 Å². The zero-order valence-electron chi connectivity index (χ0n) is 15.4. The van der Waals surface area contributed by atoms with E-state index in [0.29, 0.717) is 30.4 Å². The molecule has 1 aliphatic carbocycles. The van der Waals surface area contributed by atoms with Crippen LogP contribution in [0.5, 0.6) is 11.5 Å². The summed E-state index contributed by atoms with van der Waals surface area (Å²) in [5, 5.41) is 9.71. The molecule has 0 spiro atoms. The molecule has 0 aromatic heterocycles. The van der Waals surface area contributed by atoms with E-state index in [4.69, 9.17) is 9.47 Å². The van der Waals surface area contributed by atoms with Gasteiger partial charge in [0.2, 0.25) is 5.91 Å². The molecule has 1 N–H and O–H groups in total. The number of nitrogens with zero attached hydrogens (tertiary/aromatic N) is 1. The van der Waals surface area contributed by atoms with E-state index in [2.05, 4.69) is 0 Å². The van der Waals surface area contributed by atoms with Gasteiger partial charge in [-0.05, 0) is 24.8 Å². The Bertz CT molecular complexity index is 668. The predicted molar refractivity (Wildman–Crippen MR) is 96.6 cm³/mol. The highest BCUT2D eigenvalue weighted by molar-refractivity contribution is 5.80. The van der Waals surface area contributed by atoms with Gasteiger partial charge in [-0.25, -0.2) is 0 Å². The van der Waals surface area contributed by atoms with Gasteiger partial charge in [-0.2, -0.15) is 0 Å². The SMILES string of the molecule is COc1cccc(C2CN(C(=O)CC3CCCC3)CC2C(=O)O)c1OC. The monoisotopic (exact) mass is 361 g/mol. The molecule has 2 atom stereocenters. The van der Waals surface area contributed by atoms with Crippen molar-refractivity contribution in [1.29, 1.82) is 0 Å². The number of carboxylic acid groups (broad SMARTS) is 1. The minimum absolute atomic E-state index is 0.0764. The van der Waals surface area contributed by atoms with Crippen LogP contribution in [0.3, 0.4) is 0 Å². The van der Waals surface area contributed by atoms with Crippen molar-refractivity contribution in [2.24, 2.45) is 11.8 Å². The Morgan fingerprint density at radius 1 is 1.15 bits per heavy atom. The van der Waals surface area contributed by atoms with Gasteiger partial charge in [0.15, 0.2) is 11.5 Å². The molecule has 142 valence electrons. The fourth-order valence-corrected chi connectivity index (χ4v) is 4.37. The molecule has 2 unspecified atom stereocenters. The predicted octanol–water partition coefficient (Wildman–Crippen LogP) is 2.91. The Morgan fingerprint density at radius 3 is 2.50 bits per heavy atom. The summed E-state index contributed by atoms with van der Waals surface area (Å²) in [4.78, 5) is 26.3. The minimum atomic E-state index is -0.879. The standard InChI is InChI=1S/C20H27NO5/c1-25-17-9-5-8-14(19(17)26-2)15-11-21(12-16(15)20(23)24)18(22)10-13-6-3-4-7-13/h5,8-9,13,15-16H,3-4,6-7,10-12H2,1-2H3,(H,23,24). The van der Waals surface area contributed by atoms with Gasteiger partial charge in [0.25, 0.3) is 0 Å². The van der Waals surface area contributed by atoms with Gasteiger partial charge < -0.3 is 19.5 Å². The average Bonchev–Trinajstić information content (AvgIpc) is 3.30. The zero-order chi connectivity index (χ0) is 18.7. The van der Waals surface area contributed by atoms with Crippen molar-refractivity contribution in [1.82, 2.24) is 4.90 Å². The van der Waals surface area contributed by atoms with Crippen molar-refractivity contribution in [3.63, 3.8) is 0 Å². The van der Waals surface area contributed by atoms with Crippen molar-refractivity contribution >= 4 is 11.9 Å². The van der Waals surface area contributed by atoms with Crippen molar-refractivity contribution in [3.8, 4) is 11.5 Å². The molecule has 6 heteroatoms. The third-order valence-electron chi connectivity index (χ3n) is 5.76. The molecule has 2 fully saturated rings. The second-order valence-corrected chi connectivity index (χ2v) is 7.29. The topological polar surface area (TPSA) is 76.1 Å². The van der Waals surface area contributed by atoms with Crippen LogP contribution < -0.4 is 9.47 Å². The molecule has 1 amide bonds. The molecule has 1 aromatic rings. The average molecular weight is 361 g/mol. The van der Waals surface area contributed by atoms with E-state index in [1.807, 2.05) is 12.1 Å². The number of carbonyl (C=O) groups is 2. The molecule has 1 heterocycles. The number of amides is 1. The van der Waals surface area contributed by atoms with Crippen LogP contribution in [0, 0.1) is 11.8 Å². The number of para-hydroxylation sites is 1. The van der Waals surface area contributed by atoms with Crippen molar-refractivity contribution < 1.29 is 24.2 Å². The Kier molecular flexibility index (Phi) is 5.69. The highest BCUT2D eigenvalue weighted by atomic mass is 16.5. The lowest BCUT2D eigenvalue weighted by Crippen LogP contribution is -2.31. The number of ether oxygens (including phenoxy) is 2. The maximum atomic E-state index is 12.7. The first kappa shape index (κ1) is 18.5. The van der Waals surface area contributed by atoms with Gasteiger partial charge in [-0.15, -0.1) is 0 Å². The van der Waals surface area contributed by atoms with Crippen molar-refractivity contribution in [2.75, 3.05) is 27.3 Å². The molecule has 0 bridgehead atoms. The van der Waals surface area contributed by atoms with Crippen molar-refractivity contribution in [2.45, 2.75) is 38.0 Å². The summed E-state index contributed by atoms with van der Waals surface area (Å²) in [6, 6.07) is 5.49. The van der Waals surface area contributed by atoms with Crippen molar-refractivity contribution in [3.05, 3.63) is 23.8 Å². The van der Waals surface area contributed by atoms with E-state index in [-0.39, 0.29) is 18.4 Å². The number of hydrogen-bond acceptors (Lipinski definition) is 4. The third kappa shape index (κ3) is 3.64. The van der Waals surface area contributed by atoms with Gasteiger partial charge in [-0.3, -0.25) is 9.59 Å². The second kappa shape index (κ2) is 7.98. The lowest BCUT2D eigenvalue weighted by molar-refractivity contribution is -0.141. The first-order valence-electron chi connectivity index (χ1n) is 9.26. The van der Waals surface area contributed by atoms with E-state index >= 15 is 0 Å². The van der Waals surface area contributed by atoms with E-state index < -0.39 is 11.9 Å².